The number of carbonyl (C=O) groups is 2. The summed E-state index contributed by atoms with van der Waals surface area (Å²) in [5.41, 5.74) is 13.6. The van der Waals surface area contributed by atoms with Crippen LogP contribution in [0, 0.1) is 0 Å². The third kappa shape index (κ3) is 7.45. The quantitative estimate of drug-likeness (QED) is 0.566. The van der Waals surface area contributed by atoms with Crippen LogP contribution < -0.4 is 21.5 Å². The van der Waals surface area contributed by atoms with Crippen LogP contribution in [0.5, 0.6) is 5.75 Å². The number of primary amides is 1. The van der Waals surface area contributed by atoms with Gasteiger partial charge in [0.15, 0.2) is 0 Å². The molecule has 1 radical (unpaired) electrons. The predicted octanol–water partition coefficient (Wildman–Crippen LogP) is 3.33. The summed E-state index contributed by atoms with van der Waals surface area (Å²) >= 11 is 0. The van der Waals surface area contributed by atoms with Crippen molar-refractivity contribution in [3.63, 3.8) is 0 Å². The van der Waals surface area contributed by atoms with Gasteiger partial charge < -0.3 is 21.5 Å². The number of hydrogen-bond donors (Lipinski definition) is 2. The second-order valence-corrected chi connectivity index (χ2v) is 6.19. The van der Waals surface area contributed by atoms with Gasteiger partial charge >= 0.3 is 0 Å². The minimum absolute atomic E-state index is 0.215. The van der Waals surface area contributed by atoms with Crippen molar-refractivity contribution in [2.45, 2.75) is 64.8 Å². The molecule has 1 rings (SSSR count). The summed E-state index contributed by atoms with van der Waals surface area (Å²) in [6.45, 7) is 4.67. The van der Waals surface area contributed by atoms with Crippen LogP contribution in [0.1, 0.15) is 69.2 Å². The number of ether oxygens (including phenoxy) is 1. The fraction of sp³-hybridized carbons (Fsp3) is 0.579. The van der Waals surface area contributed by atoms with Crippen molar-refractivity contribution in [1.29, 1.82) is 0 Å². The SMILES string of the molecule is CCCCCCOc1ccc([NH])cc1C(=O)N[C@@H](CCCC)C(N)=O. The van der Waals surface area contributed by atoms with E-state index in [1.807, 2.05) is 6.92 Å². The van der Waals surface area contributed by atoms with E-state index in [9.17, 15) is 9.59 Å². The van der Waals surface area contributed by atoms with Crippen LogP contribution in [-0.2, 0) is 4.79 Å². The molecule has 4 N–H and O–H groups in total. The molecule has 139 valence electrons. The van der Waals surface area contributed by atoms with E-state index in [1.165, 1.54) is 6.07 Å². The van der Waals surface area contributed by atoms with Gasteiger partial charge in [-0.3, -0.25) is 9.59 Å². The minimum Gasteiger partial charge on any atom is -0.493 e. The molecule has 0 aliphatic carbocycles. The Balaban J connectivity index is 2.77. The first kappa shape index (κ1) is 20.8. The molecule has 0 spiro atoms. The van der Waals surface area contributed by atoms with Gasteiger partial charge in [0.2, 0.25) is 5.91 Å². The van der Waals surface area contributed by atoms with Gasteiger partial charge in [-0.1, -0.05) is 46.0 Å². The molecule has 0 aliphatic heterocycles. The highest BCUT2D eigenvalue weighted by Crippen LogP contribution is 2.23. The molecule has 2 amide bonds. The van der Waals surface area contributed by atoms with E-state index in [4.69, 9.17) is 16.2 Å². The Labute approximate surface area is 150 Å². The third-order valence-corrected chi connectivity index (χ3v) is 3.97. The molecule has 0 fully saturated rings. The Morgan fingerprint density at radius 1 is 1.16 bits per heavy atom. The molecule has 0 bridgehead atoms. The van der Waals surface area contributed by atoms with Gasteiger partial charge in [0.25, 0.3) is 5.91 Å². The lowest BCUT2D eigenvalue weighted by molar-refractivity contribution is -0.120. The van der Waals surface area contributed by atoms with Gasteiger partial charge in [0.05, 0.1) is 17.9 Å². The van der Waals surface area contributed by atoms with Crippen molar-refractivity contribution in [3.8, 4) is 5.75 Å². The summed E-state index contributed by atoms with van der Waals surface area (Å²) in [6.07, 6.45) is 6.51. The van der Waals surface area contributed by atoms with E-state index in [-0.39, 0.29) is 11.3 Å². The monoisotopic (exact) mass is 348 g/mol. The van der Waals surface area contributed by atoms with Crippen molar-refractivity contribution in [2.75, 3.05) is 6.61 Å². The van der Waals surface area contributed by atoms with E-state index in [1.54, 1.807) is 12.1 Å². The first-order valence-electron chi connectivity index (χ1n) is 9.08. The molecule has 0 unspecified atom stereocenters. The summed E-state index contributed by atoms with van der Waals surface area (Å²) in [5, 5.41) is 2.67. The van der Waals surface area contributed by atoms with Gasteiger partial charge in [-0.2, -0.15) is 0 Å². The Morgan fingerprint density at radius 3 is 2.52 bits per heavy atom. The Morgan fingerprint density at radius 2 is 1.88 bits per heavy atom. The second kappa shape index (κ2) is 11.3. The summed E-state index contributed by atoms with van der Waals surface area (Å²) in [7, 11) is 0. The first-order valence-corrected chi connectivity index (χ1v) is 9.08. The van der Waals surface area contributed by atoms with Crippen molar-refractivity contribution < 1.29 is 14.3 Å². The predicted molar refractivity (Wildman–Crippen MR) is 98.8 cm³/mol. The molecule has 0 aliphatic rings. The molecule has 0 saturated heterocycles. The highest BCUT2D eigenvalue weighted by atomic mass is 16.5. The van der Waals surface area contributed by atoms with Crippen molar-refractivity contribution in [1.82, 2.24) is 11.1 Å². The Kier molecular flexibility index (Phi) is 9.43. The van der Waals surface area contributed by atoms with Gasteiger partial charge in [0, 0.05) is 0 Å². The highest BCUT2D eigenvalue weighted by Gasteiger charge is 2.21. The van der Waals surface area contributed by atoms with Crippen LogP contribution in [-0.4, -0.2) is 24.5 Å². The number of nitrogens with two attached hydrogens (primary N) is 1. The number of unbranched alkanes of at least 4 members (excludes halogenated alkanes) is 4. The number of nitrogens with one attached hydrogen (secondary N) is 2. The van der Waals surface area contributed by atoms with E-state index in [0.717, 1.165) is 38.5 Å². The number of carbonyl (C=O) groups excluding carboxylic acids is 2. The lowest BCUT2D eigenvalue weighted by Gasteiger charge is -2.17. The van der Waals surface area contributed by atoms with Crippen molar-refractivity contribution in [3.05, 3.63) is 23.8 Å². The molecule has 25 heavy (non-hydrogen) atoms. The topological polar surface area (TPSA) is 105 Å². The fourth-order valence-electron chi connectivity index (χ4n) is 2.47. The van der Waals surface area contributed by atoms with Crippen LogP contribution in [0.2, 0.25) is 0 Å². The molecule has 1 aromatic rings. The average Bonchev–Trinajstić information content (AvgIpc) is 2.59. The van der Waals surface area contributed by atoms with E-state index in [0.29, 0.717) is 18.8 Å². The smallest absolute Gasteiger partial charge is 0.255 e. The third-order valence-electron chi connectivity index (χ3n) is 3.97. The molecule has 6 nitrogen and oxygen atoms in total. The minimum atomic E-state index is -0.709. The molecule has 0 saturated carbocycles. The normalized spacial score (nSPS) is 11.8. The first-order chi connectivity index (χ1) is 12.0. The Hall–Kier alpha value is -2.24. The molecule has 6 heteroatoms. The number of hydrogen-bond acceptors (Lipinski definition) is 3. The maximum absolute atomic E-state index is 12.5. The summed E-state index contributed by atoms with van der Waals surface area (Å²) in [6, 6.07) is 3.96. The second-order valence-electron chi connectivity index (χ2n) is 6.19. The zero-order valence-corrected chi connectivity index (χ0v) is 15.3. The lowest BCUT2D eigenvalue weighted by atomic mass is 10.1. The average molecular weight is 348 g/mol. The highest BCUT2D eigenvalue weighted by molar-refractivity contribution is 6.00. The van der Waals surface area contributed by atoms with Crippen LogP contribution in [0.3, 0.4) is 0 Å². The van der Waals surface area contributed by atoms with E-state index >= 15 is 0 Å². The van der Waals surface area contributed by atoms with Crippen LogP contribution >= 0.6 is 0 Å². The maximum atomic E-state index is 12.5. The van der Waals surface area contributed by atoms with Crippen LogP contribution in [0.25, 0.3) is 0 Å². The zero-order valence-electron chi connectivity index (χ0n) is 15.3. The fourth-order valence-corrected chi connectivity index (χ4v) is 2.47. The van der Waals surface area contributed by atoms with E-state index < -0.39 is 17.9 Å². The van der Waals surface area contributed by atoms with Crippen molar-refractivity contribution in [2.24, 2.45) is 5.73 Å². The summed E-state index contributed by atoms with van der Waals surface area (Å²) in [4.78, 5) is 24.1. The lowest BCUT2D eigenvalue weighted by Crippen LogP contribution is -2.44. The van der Waals surface area contributed by atoms with Gasteiger partial charge in [0.1, 0.15) is 11.8 Å². The molecule has 1 aromatic carbocycles. The van der Waals surface area contributed by atoms with E-state index in [2.05, 4.69) is 12.2 Å². The molecular weight excluding hydrogens is 318 g/mol. The Bertz CT molecular complexity index is 561. The van der Waals surface area contributed by atoms with Crippen LogP contribution in [0.15, 0.2) is 18.2 Å². The summed E-state index contributed by atoms with van der Waals surface area (Å²) < 4.78 is 5.72. The maximum Gasteiger partial charge on any atom is 0.255 e. The zero-order chi connectivity index (χ0) is 18.7. The molecule has 0 aromatic heterocycles. The number of benzene rings is 1. The summed E-state index contributed by atoms with van der Waals surface area (Å²) in [5.74, 6) is -0.549. The largest absolute Gasteiger partial charge is 0.493 e. The molecule has 1 atom stereocenters. The van der Waals surface area contributed by atoms with Gasteiger partial charge in [-0.15, -0.1) is 0 Å². The number of rotatable bonds is 12. The molecule has 0 heterocycles. The molecular formula is C19H30N3O3. The standard InChI is InChI=1S/C19H30N3O3/c1-3-5-7-8-12-25-17-11-10-14(20)13-15(17)19(24)22-16(18(21)23)9-6-4-2/h10-11,13,16,20H,3-9,12H2,1-2H3,(H2,21,23)(H,22,24)/t16-/m0/s1. The van der Waals surface area contributed by atoms with Crippen LogP contribution in [0.4, 0.5) is 5.69 Å². The van der Waals surface area contributed by atoms with Gasteiger partial charge in [-0.25, -0.2) is 0 Å². The van der Waals surface area contributed by atoms with Gasteiger partial charge in [-0.05, 0) is 31.0 Å². The number of amides is 2. The van der Waals surface area contributed by atoms with Crippen molar-refractivity contribution >= 4 is 17.5 Å².